The van der Waals surface area contributed by atoms with Gasteiger partial charge in [-0.15, -0.1) is 0 Å². The summed E-state index contributed by atoms with van der Waals surface area (Å²) in [6.45, 7) is 19.2. The Hall–Kier alpha value is -1.76. The maximum Gasteiger partial charge on any atom is 0.0372 e. The van der Waals surface area contributed by atoms with Crippen LogP contribution in [0.1, 0.15) is 51.7 Å². The lowest BCUT2D eigenvalue weighted by Gasteiger charge is -2.32. The van der Waals surface area contributed by atoms with Crippen molar-refractivity contribution in [3.63, 3.8) is 0 Å². The molecule has 1 aliphatic rings. The SMILES string of the molecule is C=CC(=C(C)C)c1ccc(N2CCC(C)CC2)cc1C(=C)C. The minimum absolute atomic E-state index is 0.856. The molecule has 0 bridgehead atoms. The molecule has 1 heteroatoms. The maximum absolute atomic E-state index is 4.18. The zero-order chi connectivity index (χ0) is 16.3. The van der Waals surface area contributed by atoms with Gasteiger partial charge < -0.3 is 4.90 Å². The van der Waals surface area contributed by atoms with E-state index in [0.717, 1.165) is 24.6 Å². The summed E-state index contributed by atoms with van der Waals surface area (Å²) >= 11 is 0. The molecule has 1 aliphatic heterocycles. The zero-order valence-electron chi connectivity index (χ0n) is 14.6. The predicted molar refractivity (Wildman–Crippen MR) is 100 cm³/mol. The highest BCUT2D eigenvalue weighted by atomic mass is 15.1. The maximum atomic E-state index is 4.18. The van der Waals surface area contributed by atoms with E-state index in [1.807, 2.05) is 6.08 Å². The molecule has 22 heavy (non-hydrogen) atoms. The average Bonchev–Trinajstić information content (AvgIpc) is 2.48. The first kappa shape index (κ1) is 16.6. The van der Waals surface area contributed by atoms with Gasteiger partial charge in [0.15, 0.2) is 0 Å². The lowest BCUT2D eigenvalue weighted by atomic mass is 9.92. The molecular formula is C21H29N. The van der Waals surface area contributed by atoms with Gasteiger partial charge in [0, 0.05) is 18.8 Å². The van der Waals surface area contributed by atoms with Crippen molar-refractivity contribution in [2.75, 3.05) is 18.0 Å². The van der Waals surface area contributed by atoms with E-state index in [1.165, 1.54) is 40.8 Å². The Labute approximate surface area is 136 Å². The zero-order valence-corrected chi connectivity index (χ0v) is 14.6. The van der Waals surface area contributed by atoms with E-state index in [1.54, 1.807) is 0 Å². The van der Waals surface area contributed by atoms with Gasteiger partial charge in [-0.2, -0.15) is 0 Å². The van der Waals surface area contributed by atoms with Crippen LogP contribution in [0.25, 0.3) is 11.1 Å². The number of rotatable bonds is 4. The quantitative estimate of drug-likeness (QED) is 0.622. The Bertz CT molecular complexity index is 594. The highest BCUT2D eigenvalue weighted by Gasteiger charge is 2.17. The van der Waals surface area contributed by atoms with Crippen molar-refractivity contribution < 1.29 is 0 Å². The first-order valence-electron chi connectivity index (χ1n) is 8.29. The molecule has 0 atom stereocenters. The number of hydrogen-bond acceptors (Lipinski definition) is 1. The molecule has 0 aromatic heterocycles. The molecule has 0 N–H and O–H groups in total. The summed E-state index contributed by atoms with van der Waals surface area (Å²) in [5, 5.41) is 0. The number of piperidine rings is 1. The van der Waals surface area contributed by atoms with Crippen molar-refractivity contribution in [1.82, 2.24) is 0 Å². The molecule has 0 amide bonds. The van der Waals surface area contributed by atoms with Gasteiger partial charge in [0.2, 0.25) is 0 Å². The fraction of sp³-hybridized carbons (Fsp3) is 0.429. The molecule has 1 fully saturated rings. The van der Waals surface area contributed by atoms with Gasteiger partial charge in [-0.1, -0.05) is 43.4 Å². The van der Waals surface area contributed by atoms with Crippen LogP contribution in [0.2, 0.25) is 0 Å². The fourth-order valence-corrected chi connectivity index (χ4v) is 3.17. The summed E-state index contributed by atoms with van der Waals surface area (Å²) in [6, 6.07) is 6.80. The van der Waals surface area contributed by atoms with Crippen LogP contribution in [0.4, 0.5) is 5.69 Å². The lowest BCUT2D eigenvalue weighted by molar-refractivity contribution is 0.438. The minimum atomic E-state index is 0.856. The van der Waals surface area contributed by atoms with Crippen molar-refractivity contribution in [2.24, 2.45) is 5.92 Å². The summed E-state index contributed by atoms with van der Waals surface area (Å²) < 4.78 is 0. The molecule has 0 saturated carbocycles. The van der Waals surface area contributed by atoms with Crippen LogP contribution in [-0.2, 0) is 0 Å². The number of hydrogen-bond donors (Lipinski definition) is 0. The van der Waals surface area contributed by atoms with Crippen LogP contribution in [0.5, 0.6) is 0 Å². The van der Waals surface area contributed by atoms with Gasteiger partial charge in [0.1, 0.15) is 0 Å². The normalized spacial score (nSPS) is 15.5. The Morgan fingerprint density at radius 2 is 1.77 bits per heavy atom. The Morgan fingerprint density at radius 1 is 1.14 bits per heavy atom. The summed E-state index contributed by atoms with van der Waals surface area (Å²) in [5.41, 5.74) is 7.44. The summed E-state index contributed by atoms with van der Waals surface area (Å²) in [5.74, 6) is 0.856. The van der Waals surface area contributed by atoms with E-state index in [4.69, 9.17) is 0 Å². The van der Waals surface area contributed by atoms with E-state index in [9.17, 15) is 0 Å². The summed E-state index contributed by atoms with van der Waals surface area (Å²) in [6.07, 6.45) is 4.53. The minimum Gasteiger partial charge on any atom is -0.371 e. The smallest absolute Gasteiger partial charge is 0.0372 e. The monoisotopic (exact) mass is 295 g/mol. The van der Waals surface area contributed by atoms with Crippen molar-refractivity contribution in [1.29, 1.82) is 0 Å². The third-order valence-electron chi connectivity index (χ3n) is 4.64. The summed E-state index contributed by atoms with van der Waals surface area (Å²) in [7, 11) is 0. The van der Waals surface area contributed by atoms with E-state index < -0.39 is 0 Å². The van der Waals surface area contributed by atoms with Crippen LogP contribution < -0.4 is 4.90 Å². The van der Waals surface area contributed by atoms with Gasteiger partial charge in [0.05, 0.1) is 0 Å². The van der Waals surface area contributed by atoms with Gasteiger partial charge in [0.25, 0.3) is 0 Å². The molecule has 1 saturated heterocycles. The van der Waals surface area contributed by atoms with Crippen LogP contribution in [-0.4, -0.2) is 13.1 Å². The van der Waals surface area contributed by atoms with E-state index in [2.05, 4.69) is 64.0 Å². The second kappa shape index (κ2) is 7.00. The van der Waals surface area contributed by atoms with E-state index in [-0.39, 0.29) is 0 Å². The molecule has 1 nitrogen and oxygen atoms in total. The number of nitrogens with zero attached hydrogens (tertiary/aromatic N) is 1. The Kier molecular flexibility index (Phi) is 5.28. The average molecular weight is 295 g/mol. The molecule has 0 radical (unpaired) electrons. The van der Waals surface area contributed by atoms with E-state index in [0.29, 0.717) is 0 Å². The van der Waals surface area contributed by atoms with Crippen molar-refractivity contribution in [3.8, 4) is 0 Å². The second-order valence-electron chi connectivity index (χ2n) is 6.80. The number of benzene rings is 1. The van der Waals surface area contributed by atoms with Crippen LogP contribution in [0, 0.1) is 5.92 Å². The predicted octanol–water partition coefficient (Wildman–Crippen LogP) is 5.94. The van der Waals surface area contributed by atoms with Gasteiger partial charge in [-0.3, -0.25) is 0 Å². The molecule has 1 heterocycles. The van der Waals surface area contributed by atoms with Crippen LogP contribution in [0.3, 0.4) is 0 Å². The fourth-order valence-electron chi connectivity index (χ4n) is 3.17. The first-order chi connectivity index (χ1) is 10.4. The van der Waals surface area contributed by atoms with Crippen LogP contribution in [0.15, 0.2) is 43.0 Å². The first-order valence-corrected chi connectivity index (χ1v) is 8.29. The van der Waals surface area contributed by atoms with Gasteiger partial charge in [-0.25, -0.2) is 0 Å². The molecular weight excluding hydrogens is 266 g/mol. The third-order valence-corrected chi connectivity index (χ3v) is 4.64. The highest BCUT2D eigenvalue weighted by molar-refractivity contribution is 5.85. The molecule has 0 spiro atoms. The van der Waals surface area contributed by atoms with Crippen molar-refractivity contribution in [2.45, 2.75) is 40.5 Å². The molecule has 1 aromatic rings. The van der Waals surface area contributed by atoms with Gasteiger partial charge in [-0.05, 0) is 68.4 Å². The Morgan fingerprint density at radius 3 is 2.27 bits per heavy atom. The molecule has 0 unspecified atom stereocenters. The van der Waals surface area contributed by atoms with Crippen LogP contribution >= 0.6 is 0 Å². The molecule has 118 valence electrons. The third kappa shape index (κ3) is 3.52. The van der Waals surface area contributed by atoms with Crippen molar-refractivity contribution in [3.05, 3.63) is 54.1 Å². The number of allylic oxidation sites excluding steroid dienone is 4. The largest absolute Gasteiger partial charge is 0.371 e. The lowest BCUT2D eigenvalue weighted by Crippen LogP contribution is -2.32. The van der Waals surface area contributed by atoms with Gasteiger partial charge >= 0.3 is 0 Å². The molecule has 2 rings (SSSR count). The number of anilines is 1. The van der Waals surface area contributed by atoms with Crippen molar-refractivity contribution >= 4 is 16.8 Å². The second-order valence-corrected chi connectivity index (χ2v) is 6.80. The highest BCUT2D eigenvalue weighted by Crippen LogP contribution is 2.32. The molecule has 0 aliphatic carbocycles. The Balaban J connectivity index is 2.42. The van der Waals surface area contributed by atoms with E-state index >= 15 is 0 Å². The standard InChI is InChI=1S/C21H29N/c1-7-19(15(2)3)20-9-8-18(14-21(20)16(4)5)22-12-10-17(6)11-13-22/h7-9,14,17H,1,4,10-13H2,2-3,5-6H3. The molecule has 1 aromatic carbocycles. The topological polar surface area (TPSA) is 3.24 Å². The summed E-state index contributed by atoms with van der Waals surface area (Å²) in [4.78, 5) is 2.51.